The highest BCUT2D eigenvalue weighted by Crippen LogP contribution is 2.22. The number of benzene rings is 2. The Labute approximate surface area is 166 Å². The topological polar surface area (TPSA) is 80.0 Å². The van der Waals surface area contributed by atoms with Crippen molar-refractivity contribution < 1.29 is 9.32 Å². The van der Waals surface area contributed by atoms with E-state index in [4.69, 9.17) is 4.52 Å². The van der Waals surface area contributed by atoms with Gasteiger partial charge < -0.3 is 15.2 Å². The van der Waals surface area contributed by atoms with Crippen molar-refractivity contribution in [2.24, 2.45) is 0 Å². The molecule has 7 heteroatoms. The molecule has 0 radical (unpaired) electrons. The largest absolute Gasteiger partial charge is 0.334 e. The lowest BCUT2D eigenvalue weighted by Gasteiger charge is -2.15. The van der Waals surface area contributed by atoms with Gasteiger partial charge in [0.15, 0.2) is 5.82 Å². The molecule has 2 amide bonds. The number of carbonyl (C=O) groups excluding carboxylic acids is 1. The van der Waals surface area contributed by atoms with Crippen LogP contribution in [-0.2, 0) is 0 Å². The predicted octanol–water partition coefficient (Wildman–Crippen LogP) is 5.51. The molecule has 0 saturated carbocycles. The number of aromatic nitrogens is 2. The lowest BCUT2D eigenvalue weighted by Crippen LogP contribution is -2.31. The average molecular weight is 429 g/mol. The van der Waals surface area contributed by atoms with Crippen LogP contribution in [0.15, 0.2) is 57.5 Å². The maximum atomic E-state index is 12.2. The average Bonchev–Trinajstić information content (AvgIpc) is 3.12. The van der Waals surface area contributed by atoms with Crippen LogP contribution < -0.4 is 10.6 Å². The van der Waals surface area contributed by atoms with Gasteiger partial charge in [0.25, 0.3) is 5.89 Å². The Balaban J connectivity index is 1.61. The van der Waals surface area contributed by atoms with Crippen LogP contribution in [0.1, 0.15) is 44.1 Å². The minimum Gasteiger partial charge on any atom is -0.334 e. The number of anilines is 1. The summed E-state index contributed by atoms with van der Waals surface area (Å²) in [7, 11) is 0. The van der Waals surface area contributed by atoms with Gasteiger partial charge in [-0.1, -0.05) is 47.1 Å². The molecule has 1 heterocycles. The van der Waals surface area contributed by atoms with E-state index in [2.05, 4.69) is 36.7 Å². The highest BCUT2D eigenvalue weighted by molar-refractivity contribution is 9.10. The lowest BCUT2D eigenvalue weighted by atomic mass is 10.1. The Hall–Kier alpha value is -2.67. The van der Waals surface area contributed by atoms with Crippen LogP contribution in [0.5, 0.6) is 0 Å². The zero-order valence-corrected chi connectivity index (χ0v) is 16.9. The smallest absolute Gasteiger partial charge is 0.319 e. The molecule has 0 aliphatic rings. The van der Waals surface area contributed by atoms with Crippen LogP contribution in [0.3, 0.4) is 0 Å². The molecular formula is C20H21BrN4O2. The van der Waals surface area contributed by atoms with E-state index in [-0.39, 0.29) is 18.0 Å². The Kier molecular flexibility index (Phi) is 5.91. The van der Waals surface area contributed by atoms with Crippen LogP contribution in [0, 0.1) is 0 Å². The molecular weight excluding hydrogens is 408 g/mol. The van der Waals surface area contributed by atoms with Crippen LogP contribution >= 0.6 is 15.9 Å². The molecule has 0 aliphatic carbocycles. The number of hydrogen-bond acceptors (Lipinski definition) is 4. The van der Waals surface area contributed by atoms with Gasteiger partial charge >= 0.3 is 6.03 Å². The second-order valence-electron chi connectivity index (χ2n) is 6.56. The van der Waals surface area contributed by atoms with Gasteiger partial charge in [-0.25, -0.2) is 4.79 Å². The summed E-state index contributed by atoms with van der Waals surface area (Å²) in [6.07, 6.45) is 0. The Morgan fingerprint density at radius 3 is 2.48 bits per heavy atom. The van der Waals surface area contributed by atoms with Crippen molar-refractivity contribution in [2.45, 2.75) is 32.7 Å². The van der Waals surface area contributed by atoms with Crippen molar-refractivity contribution >= 4 is 27.6 Å². The molecule has 1 atom stereocenters. The summed E-state index contributed by atoms with van der Waals surface area (Å²) < 4.78 is 6.26. The van der Waals surface area contributed by atoms with Crippen molar-refractivity contribution in [1.29, 1.82) is 0 Å². The molecule has 3 aromatic rings. The first kappa shape index (κ1) is 19.1. The van der Waals surface area contributed by atoms with Crippen molar-refractivity contribution in [3.8, 4) is 11.5 Å². The molecule has 0 aliphatic heterocycles. The van der Waals surface area contributed by atoms with Gasteiger partial charge in [-0.05, 0) is 48.9 Å². The highest BCUT2D eigenvalue weighted by Gasteiger charge is 2.13. The molecule has 27 heavy (non-hydrogen) atoms. The third-order valence-electron chi connectivity index (χ3n) is 4.04. The van der Waals surface area contributed by atoms with Crippen molar-refractivity contribution in [1.82, 2.24) is 15.5 Å². The second kappa shape index (κ2) is 8.35. The summed E-state index contributed by atoms with van der Waals surface area (Å²) in [5.41, 5.74) is 2.51. The van der Waals surface area contributed by atoms with Crippen molar-refractivity contribution in [3.05, 3.63) is 64.4 Å². The van der Waals surface area contributed by atoms with Gasteiger partial charge in [0.1, 0.15) is 0 Å². The van der Waals surface area contributed by atoms with E-state index in [1.807, 2.05) is 57.2 Å². The maximum absolute atomic E-state index is 12.2. The molecule has 2 aromatic carbocycles. The van der Waals surface area contributed by atoms with Crippen molar-refractivity contribution in [2.75, 3.05) is 5.32 Å². The minimum absolute atomic E-state index is 0.116. The third-order valence-corrected chi connectivity index (χ3v) is 4.54. The second-order valence-corrected chi connectivity index (χ2v) is 7.48. The van der Waals surface area contributed by atoms with Gasteiger partial charge in [-0.2, -0.15) is 4.98 Å². The number of nitrogens with zero attached hydrogens (tertiary/aromatic N) is 2. The standard InChI is InChI=1S/C20H21BrN4O2/c1-12(2)18-24-19(27-25-18)14-7-9-17(10-8-14)23-20(26)22-13(3)15-5-4-6-16(21)11-15/h4-13H,1-3H3,(H2,22,23,26). The normalized spacial score (nSPS) is 12.0. The SMILES string of the molecule is CC(C)c1noc(-c2ccc(NC(=O)NC(C)c3cccc(Br)c3)cc2)n1. The molecule has 0 bridgehead atoms. The molecule has 2 N–H and O–H groups in total. The Morgan fingerprint density at radius 1 is 1.11 bits per heavy atom. The Morgan fingerprint density at radius 2 is 1.85 bits per heavy atom. The fourth-order valence-corrected chi connectivity index (χ4v) is 2.92. The van der Waals surface area contributed by atoms with Gasteiger partial charge in [-0.3, -0.25) is 0 Å². The first-order valence-corrected chi connectivity index (χ1v) is 9.48. The third kappa shape index (κ3) is 4.95. The van der Waals surface area contributed by atoms with E-state index in [0.29, 0.717) is 17.4 Å². The van der Waals surface area contributed by atoms with Gasteiger partial charge in [0.2, 0.25) is 0 Å². The quantitative estimate of drug-likeness (QED) is 0.561. The molecule has 1 aromatic heterocycles. The number of rotatable bonds is 5. The van der Waals surface area contributed by atoms with Crippen LogP contribution in [0.2, 0.25) is 0 Å². The summed E-state index contributed by atoms with van der Waals surface area (Å²) in [5.74, 6) is 1.35. The van der Waals surface area contributed by atoms with Gasteiger partial charge in [-0.15, -0.1) is 0 Å². The number of hydrogen-bond donors (Lipinski definition) is 2. The summed E-state index contributed by atoms with van der Waals surface area (Å²) in [5, 5.41) is 9.71. The zero-order valence-electron chi connectivity index (χ0n) is 15.4. The summed E-state index contributed by atoms with van der Waals surface area (Å²) in [6, 6.07) is 14.7. The molecule has 6 nitrogen and oxygen atoms in total. The molecule has 140 valence electrons. The van der Waals surface area contributed by atoms with Gasteiger partial charge in [0.05, 0.1) is 6.04 Å². The number of amides is 2. The first-order chi connectivity index (χ1) is 12.9. The fourth-order valence-electron chi connectivity index (χ4n) is 2.51. The van der Waals surface area contributed by atoms with E-state index >= 15 is 0 Å². The minimum atomic E-state index is -0.268. The summed E-state index contributed by atoms with van der Waals surface area (Å²) in [4.78, 5) is 16.6. The lowest BCUT2D eigenvalue weighted by molar-refractivity contribution is 0.249. The van der Waals surface area contributed by atoms with Crippen LogP contribution in [0.4, 0.5) is 10.5 Å². The monoisotopic (exact) mass is 428 g/mol. The van der Waals surface area contributed by atoms with E-state index in [9.17, 15) is 4.79 Å². The summed E-state index contributed by atoms with van der Waals surface area (Å²) in [6.45, 7) is 5.96. The maximum Gasteiger partial charge on any atom is 0.319 e. The van der Waals surface area contributed by atoms with E-state index < -0.39 is 0 Å². The van der Waals surface area contributed by atoms with Gasteiger partial charge in [0, 0.05) is 21.6 Å². The number of nitrogens with one attached hydrogen (secondary N) is 2. The molecule has 0 fully saturated rings. The fraction of sp³-hybridized carbons (Fsp3) is 0.250. The zero-order chi connectivity index (χ0) is 19.4. The predicted molar refractivity (Wildman–Crippen MR) is 109 cm³/mol. The van der Waals surface area contributed by atoms with E-state index in [1.165, 1.54) is 0 Å². The van der Waals surface area contributed by atoms with E-state index in [1.54, 1.807) is 12.1 Å². The number of halogens is 1. The van der Waals surface area contributed by atoms with Crippen molar-refractivity contribution in [3.63, 3.8) is 0 Å². The molecule has 3 rings (SSSR count). The highest BCUT2D eigenvalue weighted by atomic mass is 79.9. The first-order valence-electron chi connectivity index (χ1n) is 8.69. The number of urea groups is 1. The van der Waals surface area contributed by atoms with Crippen LogP contribution in [-0.4, -0.2) is 16.2 Å². The molecule has 0 spiro atoms. The molecule has 0 saturated heterocycles. The molecule has 1 unspecified atom stereocenters. The van der Waals surface area contributed by atoms with Crippen LogP contribution in [0.25, 0.3) is 11.5 Å². The Bertz CT molecular complexity index is 922. The summed E-state index contributed by atoms with van der Waals surface area (Å²) >= 11 is 3.44. The van der Waals surface area contributed by atoms with E-state index in [0.717, 1.165) is 15.6 Å². The number of carbonyl (C=O) groups is 1.